The van der Waals surface area contributed by atoms with Gasteiger partial charge in [-0.05, 0) is 6.08 Å². The number of aliphatic carboxylic acids is 1. The summed E-state index contributed by atoms with van der Waals surface area (Å²) in [5.74, 6) is -1.76. The second-order valence-corrected chi connectivity index (χ2v) is 10.0. The summed E-state index contributed by atoms with van der Waals surface area (Å²) >= 11 is 3.61. The standard InChI is InChI=1S/C10H11F3N2O2S2.C7H7NO3S/c11-10(12,13)5-18-4-6(16)14-7-8(17)15-2-1-3-19-9(7)15;9-5-3-6-8(5)4(7(10)11)1-2-12-6/h1-2,7,9H,3-5H2,(H,14,16);1,6H,2-3H2,(H,10,11)/t7?,9-;6-/m11/s1. The molecule has 0 bridgehead atoms. The Hall–Kier alpha value is -1.80. The fraction of sp³-hybridized carbons (Fsp3) is 0.529. The Morgan fingerprint density at radius 2 is 2.00 bits per heavy atom. The van der Waals surface area contributed by atoms with Gasteiger partial charge in [-0.3, -0.25) is 19.3 Å². The number of hydrogen-bond donors (Lipinski definition) is 2. The van der Waals surface area contributed by atoms with Crippen LogP contribution in [-0.4, -0.2) is 84.6 Å². The third-order valence-electron chi connectivity index (χ3n) is 4.47. The molecule has 31 heavy (non-hydrogen) atoms. The third-order valence-corrected chi connectivity index (χ3v) is 7.82. The summed E-state index contributed by atoms with van der Waals surface area (Å²) in [7, 11) is 0. The molecule has 4 aliphatic rings. The van der Waals surface area contributed by atoms with Crippen LogP contribution in [0.5, 0.6) is 0 Å². The first-order valence-electron chi connectivity index (χ1n) is 9.00. The van der Waals surface area contributed by atoms with E-state index in [2.05, 4.69) is 5.32 Å². The van der Waals surface area contributed by atoms with E-state index in [4.69, 9.17) is 5.11 Å². The fourth-order valence-electron chi connectivity index (χ4n) is 3.08. The number of carbonyl (C=O) groups excluding carboxylic acids is 3. The van der Waals surface area contributed by atoms with E-state index in [1.165, 1.54) is 21.6 Å². The molecule has 4 rings (SSSR count). The van der Waals surface area contributed by atoms with E-state index in [0.717, 1.165) is 5.75 Å². The highest BCUT2D eigenvalue weighted by Gasteiger charge is 2.48. The summed E-state index contributed by atoms with van der Waals surface area (Å²) in [6.07, 6.45) is 1.30. The maximum Gasteiger partial charge on any atom is 0.397 e. The van der Waals surface area contributed by atoms with Crippen molar-refractivity contribution in [1.29, 1.82) is 0 Å². The van der Waals surface area contributed by atoms with Crippen LogP contribution in [0.15, 0.2) is 24.0 Å². The maximum atomic E-state index is 11.9. The van der Waals surface area contributed by atoms with Gasteiger partial charge in [0.1, 0.15) is 17.1 Å². The van der Waals surface area contributed by atoms with Crippen LogP contribution < -0.4 is 5.32 Å². The molecule has 1 unspecified atom stereocenters. The zero-order chi connectivity index (χ0) is 22.8. The van der Waals surface area contributed by atoms with Crippen molar-refractivity contribution >= 4 is 59.0 Å². The first-order valence-corrected chi connectivity index (χ1v) is 12.2. The lowest BCUT2D eigenvalue weighted by Gasteiger charge is -2.46. The summed E-state index contributed by atoms with van der Waals surface area (Å²) in [4.78, 5) is 47.6. The number of nitrogens with one attached hydrogen (secondary N) is 1. The molecule has 0 saturated carbocycles. The largest absolute Gasteiger partial charge is 0.477 e. The zero-order valence-corrected chi connectivity index (χ0v) is 18.3. The summed E-state index contributed by atoms with van der Waals surface area (Å²) in [6, 6.07) is -0.617. The van der Waals surface area contributed by atoms with Crippen molar-refractivity contribution in [3.05, 3.63) is 24.0 Å². The Labute approximate surface area is 188 Å². The van der Waals surface area contributed by atoms with Gasteiger partial charge >= 0.3 is 12.1 Å². The Morgan fingerprint density at radius 3 is 2.61 bits per heavy atom. The number of halogens is 3. The Morgan fingerprint density at radius 1 is 1.26 bits per heavy atom. The Kier molecular flexibility index (Phi) is 7.52. The first-order chi connectivity index (χ1) is 14.6. The Balaban J connectivity index is 0.000000194. The number of β-lactam (4-membered cyclic amide) rings is 2. The quantitative estimate of drug-likeness (QED) is 0.550. The van der Waals surface area contributed by atoms with E-state index >= 15 is 0 Å². The van der Waals surface area contributed by atoms with Crippen LogP contribution in [0.2, 0.25) is 0 Å². The van der Waals surface area contributed by atoms with Crippen molar-refractivity contribution in [1.82, 2.24) is 15.1 Å². The van der Waals surface area contributed by atoms with Crippen LogP contribution in [-0.2, 0) is 19.2 Å². The highest BCUT2D eigenvalue weighted by molar-refractivity contribution is 8.00. The van der Waals surface area contributed by atoms with Crippen molar-refractivity contribution < 1.29 is 37.5 Å². The molecular formula is C17H18F3N3O5S3. The minimum atomic E-state index is -4.28. The first kappa shape index (κ1) is 23.9. The van der Waals surface area contributed by atoms with Crippen molar-refractivity contribution in [2.24, 2.45) is 0 Å². The molecule has 0 aromatic rings. The van der Waals surface area contributed by atoms with Gasteiger partial charge in [0.2, 0.25) is 11.8 Å². The van der Waals surface area contributed by atoms with Crippen LogP contribution in [0.25, 0.3) is 0 Å². The zero-order valence-electron chi connectivity index (χ0n) is 15.8. The van der Waals surface area contributed by atoms with Gasteiger partial charge in [-0.1, -0.05) is 6.08 Å². The molecule has 0 aliphatic carbocycles. The van der Waals surface area contributed by atoms with E-state index in [9.17, 15) is 32.3 Å². The number of fused-ring (bicyclic) bond motifs is 2. The van der Waals surface area contributed by atoms with Gasteiger partial charge < -0.3 is 15.3 Å². The van der Waals surface area contributed by atoms with Gasteiger partial charge in [-0.25, -0.2) is 4.79 Å². The second-order valence-electron chi connectivity index (χ2n) is 6.66. The molecule has 2 fully saturated rings. The lowest BCUT2D eigenvalue weighted by molar-refractivity contribution is -0.146. The Bertz CT molecular complexity index is 836. The summed E-state index contributed by atoms with van der Waals surface area (Å²) < 4.78 is 35.7. The maximum absolute atomic E-state index is 11.9. The molecule has 0 radical (unpaired) electrons. The number of thioether (sulfide) groups is 3. The van der Waals surface area contributed by atoms with Crippen LogP contribution >= 0.6 is 35.3 Å². The molecule has 2 saturated heterocycles. The molecule has 0 spiro atoms. The number of carboxylic acids is 1. The monoisotopic (exact) mass is 497 g/mol. The lowest BCUT2D eigenvalue weighted by Crippen LogP contribution is -2.68. The van der Waals surface area contributed by atoms with E-state index in [1.807, 2.05) is 6.08 Å². The average molecular weight is 498 g/mol. The number of amides is 3. The SMILES string of the molecule is O=C(CSCC(F)(F)F)NC1C(=O)N2C=CCS[C@H]12.O=C(O)C1=CCS[C@@H]2CC(=O)N12. The van der Waals surface area contributed by atoms with Crippen molar-refractivity contribution in [2.75, 3.05) is 23.0 Å². The number of hydrogen-bond acceptors (Lipinski definition) is 7. The minimum Gasteiger partial charge on any atom is -0.477 e. The van der Waals surface area contributed by atoms with E-state index < -0.39 is 29.8 Å². The number of alkyl halides is 3. The van der Waals surface area contributed by atoms with Crippen molar-refractivity contribution in [2.45, 2.75) is 29.4 Å². The molecule has 14 heteroatoms. The predicted octanol–water partition coefficient (Wildman–Crippen LogP) is 1.46. The van der Waals surface area contributed by atoms with Crippen LogP contribution in [0, 0.1) is 0 Å². The molecule has 2 N–H and O–H groups in total. The van der Waals surface area contributed by atoms with Gasteiger partial charge in [0.25, 0.3) is 5.91 Å². The highest BCUT2D eigenvalue weighted by atomic mass is 32.2. The molecule has 0 aromatic heterocycles. The molecule has 3 amide bonds. The number of carbonyl (C=O) groups is 4. The summed E-state index contributed by atoms with van der Waals surface area (Å²) in [6.45, 7) is 0. The second kappa shape index (κ2) is 9.77. The van der Waals surface area contributed by atoms with Crippen molar-refractivity contribution in [3.63, 3.8) is 0 Å². The van der Waals surface area contributed by atoms with E-state index in [-0.39, 0.29) is 34.0 Å². The molecule has 8 nitrogen and oxygen atoms in total. The van der Waals surface area contributed by atoms with Crippen LogP contribution in [0.1, 0.15) is 6.42 Å². The normalized spacial score (nSPS) is 26.4. The highest BCUT2D eigenvalue weighted by Crippen LogP contribution is 2.36. The number of nitrogens with zero attached hydrogens (tertiary/aromatic N) is 2. The smallest absolute Gasteiger partial charge is 0.397 e. The third kappa shape index (κ3) is 5.71. The predicted molar refractivity (Wildman–Crippen MR) is 111 cm³/mol. The molecule has 170 valence electrons. The van der Waals surface area contributed by atoms with Gasteiger partial charge in [0.05, 0.1) is 23.3 Å². The fourth-order valence-corrected chi connectivity index (χ4v) is 5.90. The summed E-state index contributed by atoms with van der Waals surface area (Å²) in [5, 5.41) is 11.1. The molecule has 3 atom stereocenters. The topological polar surface area (TPSA) is 107 Å². The number of rotatable bonds is 5. The van der Waals surface area contributed by atoms with Gasteiger partial charge in [-0.15, -0.1) is 35.3 Å². The average Bonchev–Trinajstić information content (AvgIpc) is 2.70. The van der Waals surface area contributed by atoms with Gasteiger partial charge in [-0.2, -0.15) is 13.2 Å². The number of carboxylic acid groups (broad SMARTS) is 1. The van der Waals surface area contributed by atoms with Crippen LogP contribution in [0.4, 0.5) is 13.2 Å². The van der Waals surface area contributed by atoms with Gasteiger partial charge in [0, 0.05) is 17.7 Å². The van der Waals surface area contributed by atoms with Gasteiger partial charge in [0.15, 0.2) is 0 Å². The van der Waals surface area contributed by atoms with Crippen molar-refractivity contribution in [3.8, 4) is 0 Å². The van der Waals surface area contributed by atoms with E-state index in [0.29, 0.717) is 23.9 Å². The lowest BCUT2D eigenvalue weighted by atomic mass is 10.1. The molecular weight excluding hydrogens is 479 g/mol. The summed E-state index contributed by atoms with van der Waals surface area (Å²) in [5.41, 5.74) is 0.148. The van der Waals surface area contributed by atoms with Crippen LogP contribution in [0.3, 0.4) is 0 Å². The molecule has 4 heterocycles. The van der Waals surface area contributed by atoms with E-state index in [1.54, 1.807) is 24.0 Å². The molecule has 0 aromatic carbocycles. The minimum absolute atomic E-state index is 0.0774. The molecule has 4 aliphatic heterocycles.